The Morgan fingerprint density at radius 3 is 2.74 bits per heavy atom. The summed E-state index contributed by atoms with van der Waals surface area (Å²) < 4.78 is 5.48. The third-order valence-corrected chi connectivity index (χ3v) is 5.04. The second kappa shape index (κ2) is 5.82. The van der Waals surface area contributed by atoms with Gasteiger partial charge in [0.05, 0.1) is 17.6 Å². The number of amides is 1. The van der Waals surface area contributed by atoms with Gasteiger partial charge in [-0.2, -0.15) is 0 Å². The third kappa shape index (κ3) is 3.22. The largest absolute Gasteiger partial charge is 0.444 e. The minimum atomic E-state index is -0.436. The van der Waals surface area contributed by atoms with E-state index < -0.39 is 5.60 Å². The molecule has 2 aliphatic rings. The highest BCUT2D eigenvalue weighted by Crippen LogP contribution is 2.38. The molecular weight excluding hydrogens is 292 g/mol. The van der Waals surface area contributed by atoms with E-state index in [0.29, 0.717) is 5.92 Å². The van der Waals surface area contributed by atoms with Crippen molar-refractivity contribution in [2.45, 2.75) is 58.1 Å². The van der Waals surface area contributed by atoms with Gasteiger partial charge in [-0.1, -0.05) is 0 Å². The van der Waals surface area contributed by atoms with Crippen LogP contribution in [0.3, 0.4) is 0 Å². The van der Waals surface area contributed by atoms with Crippen molar-refractivity contribution in [1.29, 1.82) is 0 Å². The van der Waals surface area contributed by atoms with E-state index in [9.17, 15) is 4.79 Å². The maximum absolute atomic E-state index is 12.2. The van der Waals surface area contributed by atoms with E-state index >= 15 is 0 Å². The highest BCUT2D eigenvalue weighted by Gasteiger charge is 2.43. The van der Waals surface area contributed by atoms with Crippen molar-refractivity contribution in [1.82, 2.24) is 20.2 Å². The summed E-state index contributed by atoms with van der Waals surface area (Å²) in [4.78, 5) is 21.9. The Morgan fingerprint density at radius 1 is 1.39 bits per heavy atom. The van der Waals surface area contributed by atoms with Crippen LogP contribution in [-0.4, -0.2) is 46.2 Å². The number of aromatic nitrogens is 2. The van der Waals surface area contributed by atoms with Gasteiger partial charge in [0.25, 0.3) is 0 Å². The first-order valence-electron chi connectivity index (χ1n) is 8.55. The van der Waals surface area contributed by atoms with Gasteiger partial charge in [0.2, 0.25) is 0 Å². The summed E-state index contributed by atoms with van der Waals surface area (Å²) in [7, 11) is 0. The average Bonchev–Trinajstić information content (AvgIpc) is 2.96. The van der Waals surface area contributed by atoms with Crippen LogP contribution >= 0.6 is 0 Å². The van der Waals surface area contributed by atoms with E-state index in [2.05, 4.69) is 22.2 Å². The maximum Gasteiger partial charge on any atom is 0.410 e. The fourth-order valence-electron chi connectivity index (χ4n) is 3.79. The van der Waals surface area contributed by atoms with Crippen LogP contribution in [0.5, 0.6) is 0 Å². The lowest BCUT2D eigenvalue weighted by atomic mass is 9.74. The zero-order valence-electron chi connectivity index (χ0n) is 14.6. The van der Waals surface area contributed by atoms with Crippen LogP contribution in [0.15, 0.2) is 6.33 Å². The molecule has 3 heterocycles. The lowest BCUT2D eigenvalue weighted by Gasteiger charge is -2.44. The molecule has 3 rings (SSSR count). The van der Waals surface area contributed by atoms with E-state index in [4.69, 9.17) is 4.74 Å². The predicted molar refractivity (Wildman–Crippen MR) is 88.2 cm³/mol. The normalized spacial score (nSPS) is 26.0. The SMILES string of the molecule is CC(C)(C)OC(=O)N1CCC(C2(C)NCCc3[nH]cnc32)CC1. The Labute approximate surface area is 138 Å². The van der Waals surface area contributed by atoms with E-state index in [0.717, 1.165) is 44.6 Å². The van der Waals surface area contributed by atoms with Crippen molar-refractivity contribution in [3.8, 4) is 0 Å². The van der Waals surface area contributed by atoms with Crippen molar-refractivity contribution in [3.63, 3.8) is 0 Å². The number of hydrogen-bond donors (Lipinski definition) is 2. The minimum absolute atomic E-state index is 0.104. The van der Waals surface area contributed by atoms with Gasteiger partial charge in [0.15, 0.2) is 0 Å². The molecule has 0 saturated carbocycles. The Balaban J connectivity index is 1.65. The number of rotatable bonds is 1. The van der Waals surface area contributed by atoms with E-state index in [1.165, 1.54) is 5.69 Å². The van der Waals surface area contributed by atoms with Gasteiger partial charge >= 0.3 is 6.09 Å². The molecule has 1 atom stereocenters. The summed E-state index contributed by atoms with van der Waals surface area (Å²) in [6.45, 7) is 10.4. The van der Waals surface area contributed by atoms with Crippen LogP contribution in [0, 0.1) is 5.92 Å². The van der Waals surface area contributed by atoms with E-state index in [1.54, 1.807) is 6.33 Å². The molecule has 1 unspecified atom stereocenters. The topological polar surface area (TPSA) is 70.2 Å². The number of likely N-dealkylation sites (tertiary alicyclic amines) is 1. The fourth-order valence-corrected chi connectivity index (χ4v) is 3.79. The van der Waals surface area contributed by atoms with Crippen molar-refractivity contribution >= 4 is 6.09 Å². The monoisotopic (exact) mass is 320 g/mol. The first-order chi connectivity index (χ1) is 10.8. The number of carbonyl (C=O) groups is 1. The number of hydrogen-bond acceptors (Lipinski definition) is 4. The Bertz CT molecular complexity index is 569. The molecule has 128 valence electrons. The van der Waals surface area contributed by atoms with Crippen LogP contribution in [0.25, 0.3) is 0 Å². The number of imidazole rings is 1. The average molecular weight is 320 g/mol. The lowest BCUT2D eigenvalue weighted by Crippen LogP contribution is -2.54. The first-order valence-corrected chi connectivity index (χ1v) is 8.55. The smallest absolute Gasteiger partial charge is 0.410 e. The number of H-pyrrole nitrogens is 1. The van der Waals surface area contributed by atoms with Gasteiger partial charge in [-0.3, -0.25) is 0 Å². The highest BCUT2D eigenvalue weighted by molar-refractivity contribution is 5.68. The Morgan fingerprint density at radius 2 is 2.09 bits per heavy atom. The predicted octanol–water partition coefficient (Wildman–Crippen LogP) is 2.42. The molecule has 2 N–H and O–H groups in total. The summed E-state index contributed by atoms with van der Waals surface area (Å²) in [5.74, 6) is 0.475. The number of piperidine rings is 1. The molecule has 0 bridgehead atoms. The molecule has 6 nitrogen and oxygen atoms in total. The molecule has 0 aromatic carbocycles. The molecule has 23 heavy (non-hydrogen) atoms. The number of aromatic amines is 1. The van der Waals surface area contributed by atoms with Crippen LogP contribution in [0.1, 0.15) is 51.9 Å². The summed E-state index contributed by atoms with van der Waals surface area (Å²) in [6, 6.07) is 0. The van der Waals surface area contributed by atoms with Gasteiger partial charge in [-0.05, 0) is 46.5 Å². The van der Waals surface area contributed by atoms with Crippen LogP contribution in [-0.2, 0) is 16.7 Å². The molecule has 1 saturated heterocycles. The van der Waals surface area contributed by atoms with Gasteiger partial charge in [-0.25, -0.2) is 9.78 Å². The van der Waals surface area contributed by atoms with Crippen LogP contribution < -0.4 is 5.32 Å². The second-order valence-electron chi connectivity index (χ2n) is 7.85. The lowest BCUT2D eigenvalue weighted by molar-refractivity contribution is 0.0129. The Hall–Kier alpha value is -1.56. The summed E-state index contributed by atoms with van der Waals surface area (Å²) in [5, 5.41) is 3.67. The molecule has 1 aromatic rings. The zero-order valence-corrected chi connectivity index (χ0v) is 14.6. The summed E-state index contributed by atoms with van der Waals surface area (Å²) in [5.41, 5.74) is 1.86. The van der Waals surface area contributed by atoms with Crippen molar-refractivity contribution in [2.24, 2.45) is 5.92 Å². The standard InChI is InChI=1S/C17H28N4O2/c1-16(2,3)23-15(22)21-9-6-12(7-10-21)17(4)14-13(5-8-20-17)18-11-19-14/h11-12,20H,5-10H2,1-4H3,(H,18,19). The number of nitrogens with one attached hydrogen (secondary N) is 2. The second-order valence-corrected chi connectivity index (χ2v) is 7.85. The van der Waals surface area contributed by atoms with E-state index in [1.807, 2.05) is 25.7 Å². The highest BCUT2D eigenvalue weighted by atomic mass is 16.6. The van der Waals surface area contributed by atoms with Crippen LogP contribution in [0.4, 0.5) is 4.79 Å². The molecule has 6 heteroatoms. The van der Waals surface area contributed by atoms with Gasteiger partial charge in [0, 0.05) is 31.7 Å². The van der Waals surface area contributed by atoms with E-state index in [-0.39, 0.29) is 11.6 Å². The molecule has 0 spiro atoms. The molecule has 1 aromatic heterocycles. The molecular formula is C17H28N4O2. The van der Waals surface area contributed by atoms with Crippen molar-refractivity contribution in [2.75, 3.05) is 19.6 Å². The third-order valence-electron chi connectivity index (χ3n) is 5.04. The number of carbonyl (C=O) groups excluding carboxylic acids is 1. The molecule has 2 aliphatic heterocycles. The van der Waals surface area contributed by atoms with Gasteiger partial charge in [-0.15, -0.1) is 0 Å². The molecule has 1 amide bonds. The van der Waals surface area contributed by atoms with Crippen LogP contribution in [0.2, 0.25) is 0 Å². The number of ether oxygens (including phenoxy) is 1. The zero-order chi connectivity index (χ0) is 16.7. The maximum atomic E-state index is 12.2. The molecule has 0 radical (unpaired) electrons. The summed E-state index contributed by atoms with van der Waals surface area (Å²) in [6.07, 6.45) is 4.54. The fraction of sp³-hybridized carbons (Fsp3) is 0.765. The number of nitrogens with zero attached hydrogens (tertiary/aromatic N) is 2. The minimum Gasteiger partial charge on any atom is -0.444 e. The molecule has 1 fully saturated rings. The Kier molecular flexibility index (Phi) is 4.12. The van der Waals surface area contributed by atoms with Gasteiger partial charge in [0.1, 0.15) is 5.60 Å². The van der Waals surface area contributed by atoms with Gasteiger partial charge < -0.3 is 19.9 Å². The first kappa shape index (κ1) is 16.3. The number of fused-ring (bicyclic) bond motifs is 1. The van der Waals surface area contributed by atoms with Crippen molar-refractivity contribution in [3.05, 3.63) is 17.7 Å². The molecule has 0 aliphatic carbocycles. The quantitative estimate of drug-likeness (QED) is 0.834. The van der Waals surface area contributed by atoms with Crippen molar-refractivity contribution < 1.29 is 9.53 Å². The summed E-state index contributed by atoms with van der Waals surface area (Å²) >= 11 is 0.